The number of amides is 1. The maximum absolute atomic E-state index is 13.4. The Labute approximate surface area is 222 Å². The summed E-state index contributed by atoms with van der Waals surface area (Å²) in [6.45, 7) is 6.16. The number of piperazine rings is 1. The summed E-state index contributed by atoms with van der Waals surface area (Å²) >= 11 is 6.21. The van der Waals surface area contributed by atoms with Crippen LogP contribution < -0.4 is 15.0 Å². The molecule has 0 saturated carbocycles. The molecule has 3 aromatic rings. The standard InChI is InChI=1S/C29H30ClN5O2/c1-21-19-24(20-34-15-17-35(18-16-34)26-5-3-4-6-27(26)37-2)29(32-21,23-7-9-25(30)10-8-23)33-28(36)22-11-13-31-14-12-22/h3-14,19H,15-18,20H2,1-2H3,(H,33,36). The zero-order valence-corrected chi connectivity index (χ0v) is 21.8. The Morgan fingerprint density at radius 2 is 1.73 bits per heavy atom. The van der Waals surface area contributed by atoms with Crippen LogP contribution in [0.3, 0.4) is 0 Å². The van der Waals surface area contributed by atoms with Gasteiger partial charge in [0, 0.05) is 67.0 Å². The Balaban J connectivity index is 1.39. The van der Waals surface area contributed by atoms with Crippen molar-refractivity contribution in [2.45, 2.75) is 12.6 Å². The molecule has 0 radical (unpaired) electrons. The van der Waals surface area contributed by atoms with Crippen LogP contribution >= 0.6 is 11.6 Å². The van der Waals surface area contributed by atoms with Crippen molar-refractivity contribution in [3.05, 3.63) is 101 Å². The van der Waals surface area contributed by atoms with E-state index in [4.69, 9.17) is 21.3 Å². The lowest BCUT2D eigenvalue weighted by atomic mass is 9.91. The SMILES string of the molecule is COc1ccccc1N1CCN(CC2=CC(C)=NC2(NC(=O)c2ccncc2)c2ccc(Cl)cc2)CC1. The molecule has 8 heteroatoms. The number of hydrogen-bond donors (Lipinski definition) is 1. The highest BCUT2D eigenvalue weighted by molar-refractivity contribution is 6.30. The van der Waals surface area contributed by atoms with Gasteiger partial charge in [0.05, 0.1) is 12.8 Å². The van der Waals surface area contributed by atoms with E-state index in [-0.39, 0.29) is 5.91 Å². The van der Waals surface area contributed by atoms with Gasteiger partial charge in [-0.1, -0.05) is 35.9 Å². The van der Waals surface area contributed by atoms with E-state index in [9.17, 15) is 4.79 Å². The number of rotatable bonds is 7. The second-order valence-electron chi connectivity index (χ2n) is 9.27. The molecule has 0 bridgehead atoms. The highest BCUT2D eigenvalue weighted by atomic mass is 35.5. The van der Waals surface area contributed by atoms with E-state index in [1.807, 2.05) is 49.4 Å². The first-order chi connectivity index (χ1) is 18.0. The minimum absolute atomic E-state index is 0.206. The fourth-order valence-electron chi connectivity index (χ4n) is 5.03. The summed E-state index contributed by atoms with van der Waals surface area (Å²) in [7, 11) is 1.71. The number of benzene rings is 2. The van der Waals surface area contributed by atoms with Crippen LogP contribution in [0, 0.1) is 0 Å². The Kier molecular flexibility index (Phi) is 7.26. The zero-order chi connectivity index (χ0) is 25.8. The van der Waals surface area contributed by atoms with Gasteiger partial charge < -0.3 is 15.0 Å². The van der Waals surface area contributed by atoms with E-state index in [1.54, 1.807) is 31.6 Å². The monoisotopic (exact) mass is 515 g/mol. The number of ether oxygens (including phenoxy) is 1. The molecule has 0 aliphatic carbocycles. The molecule has 1 aromatic heterocycles. The van der Waals surface area contributed by atoms with Gasteiger partial charge >= 0.3 is 0 Å². The molecule has 7 nitrogen and oxygen atoms in total. The molecule has 1 saturated heterocycles. The average Bonchev–Trinajstić information content (AvgIpc) is 3.24. The maximum atomic E-state index is 13.4. The van der Waals surface area contributed by atoms with Crippen molar-refractivity contribution in [3.8, 4) is 5.75 Å². The van der Waals surface area contributed by atoms with E-state index in [0.717, 1.165) is 54.5 Å². The molecule has 2 aromatic carbocycles. The summed E-state index contributed by atoms with van der Waals surface area (Å²) in [6.07, 6.45) is 5.32. The number of nitrogens with zero attached hydrogens (tertiary/aromatic N) is 4. The Morgan fingerprint density at radius 1 is 1.03 bits per heavy atom. The summed E-state index contributed by atoms with van der Waals surface area (Å²) in [5.74, 6) is 0.682. The number of aliphatic imine (C=N–C) groups is 1. The first-order valence-corrected chi connectivity index (χ1v) is 12.7. The molecule has 1 N–H and O–H groups in total. The normalized spacial score (nSPS) is 19.8. The lowest BCUT2D eigenvalue weighted by molar-refractivity contribution is 0.0911. The molecule has 2 aliphatic rings. The van der Waals surface area contributed by atoms with Gasteiger partial charge in [-0.15, -0.1) is 0 Å². The fourth-order valence-corrected chi connectivity index (χ4v) is 5.15. The van der Waals surface area contributed by atoms with Gasteiger partial charge in [0.2, 0.25) is 0 Å². The minimum atomic E-state index is -1.01. The van der Waals surface area contributed by atoms with Crippen molar-refractivity contribution in [2.24, 2.45) is 4.99 Å². The molecule has 1 unspecified atom stereocenters. The molecule has 0 spiro atoms. The number of allylic oxidation sites excluding steroid dienone is 1. The number of carbonyl (C=O) groups is 1. The van der Waals surface area contributed by atoms with Crippen molar-refractivity contribution in [3.63, 3.8) is 0 Å². The summed E-state index contributed by atoms with van der Waals surface area (Å²) in [5, 5.41) is 3.88. The molecule has 1 atom stereocenters. The van der Waals surface area contributed by atoms with Gasteiger partial charge in [-0.2, -0.15) is 0 Å². The molecule has 5 rings (SSSR count). The van der Waals surface area contributed by atoms with E-state index in [2.05, 4.69) is 32.2 Å². The van der Waals surface area contributed by atoms with Crippen molar-refractivity contribution in [1.82, 2.24) is 15.2 Å². The Morgan fingerprint density at radius 3 is 2.43 bits per heavy atom. The van der Waals surface area contributed by atoms with Gasteiger partial charge in [0.1, 0.15) is 5.75 Å². The molecular weight excluding hydrogens is 486 g/mol. The lowest BCUT2D eigenvalue weighted by Gasteiger charge is -2.39. The number of pyridine rings is 1. The van der Waals surface area contributed by atoms with Crippen LogP contribution in [0.25, 0.3) is 0 Å². The van der Waals surface area contributed by atoms with Crippen LogP contribution in [-0.4, -0.2) is 61.3 Å². The molecule has 37 heavy (non-hydrogen) atoms. The van der Waals surface area contributed by atoms with Crippen molar-refractivity contribution < 1.29 is 9.53 Å². The summed E-state index contributed by atoms with van der Waals surface area (Å²) in [5.41, 5.74) is 3.41. The predicted octanol–water partition coefficient (Wildman–Crippen LogP) is 4.55. The third-order valence-corrected chi connectivity index (χ3v) is 7.13. The van der Waals surface area contributed by atoms with Crippen LogP contribution in [0.1, 0.15) is 22.8 Å². The number of methoxy groups -OCH3 is 1. The number of carbonyl (C=O) groups excluding carboxylic acids is 1. The lowest BCUT2D eigenvalue weighted by Crippen LogP contribution is -2.51. The minimum Gasteiger partial charge on any atom is -0.495 e. The maximum Gasteiger partial charge on any atom is 0.253 e. The number of halogens is 1. The molecule has 1 amide bonds. The van der Waals surface area contributed by atoms with Crippen LogP contribution in [0.5, 0.6) is 5.75 Å². The zero-order valence-electron chi connectivity index (χ0n) is 21.0. The summed E-state index contributed by atoms with van der Waals surface area (Å²) < 4.78 is 5.57. The molecule has 2 aliphatic heterocycles. The highest BCUT2D eigenvalue weighted by Crippen LogP contribution is 2.37. The van der Waals surface area contributed by atoms with Gasteiger partial charge in [-0.3, -0.25) is 19.7 Å². The molecule has 3 heterocycles. The first-order valence-electron chi connectivity index (χ1n) is 12.3. The largest absolute Gasteiger partial charge is 0.495 e. The topological polar surface area (TPSA) is 70.1 Å². The first kappa shape index (κ1) is 25.0. The predicted molar refractivity (Wildman–Crippen MR) is 148 cm³/mol. The Bertz CT molecular complexity index is 1320. The smallest absolute Gasteiger partial charge is 0.253 e. The van der Waals surface area contributed by atoms with Crippen LogP contribution in [0.2, 0.25) is 5.02 Å². The third-order valence-electron chi connectivity index (χ3n) is 6.88. The van der Waals surface area contributed by atoms with E-state index >= 15 is 0 Å². The van der Waals surface area contributed by atoms with Gasteiger partial charge in [-0.25, -0.2) is 0 Å². The van der Waals surface area contributed by atoms with E-state index in [0.29, 0.717) is 17.1 Å². The van der Waals surface area contributed by atoms with Crippen molar-refractivity contribution in [2.75, 3.05) is 44.7 Å². The highest BCUT2D eigenvalue weighted by Gasteiger charge is 2.41. The van der Waals surface area contributed by atoms with Crippen LogP contribution in [0.4, 0.5) is 5.69 Å². The number of para-hydroxylation sites is 2. The van der Waals surface area contributed by atoms with Crippen LogP contribution in [-0.2, 0) is 5.66 Å². The van der Waals surface area contributed by atoms with E-state index in [1.165, 1.54) is 0 Å². The van der Waals surface area contributed by atoms with E-state index < -0.39 is 5.66 Å². The number of hydrogen-bond acceptors (Lipinski definition) is 6. The van der Waals surface area contributed by atoms with Crippen LogP contribution in [0.15, 0.2) is 89.7 Å². The van der Waals surface area contributed by atoms with Gasteiger partial charge in [0.25, 0.3) is 5.91 Å². The molecule has 1 fully saturated rings. The Hall–Kier alpha value is -3.68. The number of nitrogens with one attached hydrogen (secondary N) is 1. The molecule has 190 valence electrons. The quantitative estimate of drug-likeness (QED) is 0.500. The number of aromatic nitrogens is 1. The van der Waals surface area contributed by atoms with Crippen molar-refractivity contribution >= 4 is 28.9 Å². The second-order valence-corrected chi connectivity index (χ2v) is 9.70. The molecular formula is C29H30ClN5O2. The number of anilines is 1. The van der Waals surface area contributed by atoms with Gasteiger partial charge in [-0.05, 0) is 55.0 Å². The average molecular weight is 516 g/mol. The van der Waals surface area contributed by atoms with Gasteiger partial charge in [0.15, 0.2) is 5.66 Å². The summed E-state index contributed by atoms with van der Waals surface area (Å²) in [4.78, 5) is 27.2. The second kappa shape index (κ2) is 10.7. The van der Waals surface area contributed by atoms with Crippen molar-refractivity contribution in [1.29, 1.82) is 0 Å². The summed E-state index contributed by atoms with van der Waals surface area (Å²) in [6, 6.07) is 19.1. The third kappa shape index (κ3) is 5.24. The fraction of sp³-hybridized carbons (Fsp3) is 0.276.